The maximum absolute atomic E-state index is 9.55. The van der Waals surface area contributed by atoms with Crippen LogP contribution in [-0.2, 0) is 0 Å². The highest BCUT2D eigenvalue weighted by Crippen LogP contribution is 2.18. The lowest BCUT2D eigenvalue weighted by Crippen LogP contribution is -2.33. The van der Waals surface area contributed by atoms with E-state index in [1.54, 1.807) is 0 Å². The topological polar surface area (TPSA) is 35.5 Å². The highest BCUT2D eigenvalue weighted by atomic mass is 16.3. The minimum absolute atomic E-state index is 0.167. The molecule has 3 heteroatoms. The van der Waals surface area contributed by atoms with E-state index in [0.29, 0.717) is 0 Å². The summed E-state index contributed by atoms with van der Waals surface area (Å²) in [6.45, 7) is 2.64. The monoisotopic (exact) mass is 244 g/mol. The minimum Gasteiger partial charge on any atom is -0.392 e. The number of nitrogens with one attached hydrogen (secondary N) is 1. The van der Waals surface area contributed by atoms with Gasteiger partial charge in [0.15, 0.2) is 0 Å². The Bertz CT molecular complexity index is 438. The number of rotatable bonds is 4. The molecule has 0 aromatic heterocycles. The van der Waals surface area contributed by atoms with Crippen LogP contribution in [0.4, 0.5) is 0 Å². The predicted octanol–water partition coefficient (Wildman–Crippen LogP) is 0.995. The zero-order chi connectivity index (χ0) is 13.0. The maximum Gasteiger partial charge on any atom is 0.0679 e. The molecule has 1 saturated heterocycles. The highest BCUT2D eigenvalue weighted by molar-refractivity contribution is 5.36. The number of benzene rings is 1. The molecule has 0 saturated carbocycles. The van der Waals surface area contributed by atoms with Crippen LogP contribution in [0.25, 0.3) is 0 Å². The third-order valence-electron chi connectivity index (χ3n) is 3.49. The second kappa shape index (κ2) is 6.01. The molecule has 1 aliphatic heterocycles. The van der Waals surface area contributed by atoms with Crippen LogP contribution in [0.5, 0.6) is 0 Å². The molecule has 1 aromatic carbocycles. The van der Waals surface area contributed by atoms with Crippen molar-refractivity contribution in [3.8, 4) is 12.3 Å². The van der Waals surface area contributed by atoms with E-state index >= 15 is 0 Å². The molecule has 18 heavy (non-hydrogen) atoms. The summed E-state index contributed by atoms with van der Waals surface area (Å²) in [6.07, 6.45) is 6.14. The third-order valence-corrected chi connectivity index (χ3v) is 3.49. The van der Waals surface area contributed by atoms with Crippen molar-refractivity contribution in [2.24, 2.45) is 0 Å². The average Bonchev–Trinajstić information content (AvgIpc) is 2.81. The number of likely N-dealkylation sites (tertiary alicyclic amines) is 1. The van der Waals surface area contributed by atoms with Crippen LogP contribution >= 0.6 is 0 Å². The van der Waals surface area contributed by atoms with Crippen LogP contribution in [0.2, 0.25) is 0 Å². The summed E-state index contributed by atoms with van der Waals surface area (Å²) in [4.78, 5) is 2.29. The molecule has 2 unspecified atom stereocenters. The van der Waals surface area contributed by atoms with Gasteiger partial charge in [-0.05, 0) is 31.2 Å². The lowest BCUT2D eigenvalue weighted by atomic mass is 10.0. The second-order valence-corrected chi connectivity index (χ2v) is 4.81. The van der Waals surface area contributed by atoms with Crippen molar-refractivity contribution in [2.75, 3.05) is 26.7 Å². The summed E-state index contributed by atoms with van der Waals surface area (Å²) in [6, 6.07) is 8.33. The van der Waals surface area contributed by atoms with Crippen molar-refractivity contribution in [1.29, 1.82) is 0 Å². The van der Waals surface area contributed by atoms with E-state index < -0.39 is 0 Å². The molecule has 2 rings (SSSR count). The van der Waals surface area contributed by atoms with Gasteiger partial charge in [-0.2, -0.15) is 0 Å². The molecular weight excluding hydrogens is 224 g/mol. The smallest absolute Gasteiger partial charge is 0.0679 e. The minimum atomic E-state index is -0.167. The third kappa shape index (κ3) is 3.11. The Morgan fingerprint density at radius 3 is 3.06 bits per heavy atom. The number of likely N-dealkylation sites (N-methyl/N-ethyl adjacent to an activating group) is 1. The lowest BCUT2D eigenvalue weighted by Gasteiger charge is -2.23. The predicted molar refractivity (Wildman–Crippen MR) is 73.2 cm³/mol. The Balaban J connectivity index is 2.06. The van der Waals surface area contributed by atoms with Gasteiger partial charge in [0.2, 0.25) is 0 Å². The fraction of sp³-hybridized carbons (Fsp3) is 0.467. The van der Waals surface area contributed by atoms with E-state index in [2.05, 4.69) is 22.2 Å². The Labute approximate surface area is 109 Å². The number of hydrogen-bond donors (Lipinski definition) is 2. The van der Waals surface area contributed by atoms with Crippen molar-refractivity contribution in [3.05, 3.63) is 35.4 Å². The normalized spacial score (nSPS) is 21.7. The molecule has 0 amide bonds. The molecule has 1 heterocycles. The second-order valence-electron chi connectivity index (χ2n) is 4.81. The lowest BCUT2D eigenvalue weighted by molar-refractivity contribution is 0.173. The molecule has 1 fully saturated rings. The van der Waals surface area contributed by atoms with Gasteiger partial charge in [0.1, 0.15) is 0 Å². The van der Waals surface area contributed by atoms with E-state index in [4.69, 9.17) is 6.42 Å². The summed E-state index contributed by atoms with van der Waals surface area (Å²) >= 11 is 0. The van der Waals surface area contributed by atoms with Gasteiger partial charge in [-0.25, -0.2) is 0 Å². The molecule has 96 valence electrons. The van der Waals surface area contributed by atoms with Gasteiger partial charge in [0, 0.05) is 31.2 Å². The summed E-state index contributed by atoms with van der Waals surface area (Å²) in [5.74, 6) is 2.67. The molecule has 3 nitrogen and oxygen atoms in total. The van der Waals surface area contributed by atoms with Crippen molar-refractivity contribution < 1.29 is 5.11 Å². The van der Waals surface area contributed by atoms with E-state index in [1.807, 2.05) is 25.2 Å². The van der Waals surface area contributed by atoms with Gasteiger partial charge in [0.05, 0.1) is 6.10 Å². The first-order chi connectivity index (χ1) is 8.72. The number of β-amino-alcohol motifs (C(OH)–C–C–N with tert-alkyl or cyclic N) is 1. The number of hydrogen-bond acceptors (Lipinski definition) is 3. The number of aliphatic hydroxyl groups is 1. The van der Waals surface area contributed by atoms with Gasteiger partial charge < -0.3 is 10.4 Å². The molecule has 0 radical (unpaired) electrons. The van der Waals surface area contributed by atoms with Crippen molar-refractivity contribution >= 4 is 0 Å². The summed E-state index contributed by atoms with van der Waals surface area (Å²) in [7, 11) is 1.96. The Kier molecular flexibility index (Phi) is 4.38. The fourth-order valence-corrected chi connectivity index (χ4v) is 2.44. The first-order valence-electron chi connectivity index (χ1n) is 6.37. The maximum atomic E-state index is 9.55. The van der Waals surface area contributed by atoms with Crippen LogP contribution in [-0.4, -0.2) is 42.8 Å². The van der Waals surface area contributed by atoms with Crippen molar-refractivity contribution in [2.45, 2.75) is 18.6 Å². The number of nitrogens with zero attached hydrogens (tertiary/aromatic N) is 1. The van der Waals surface area contributed by atoms with E-state index in [9.17, 15) is 5.11 Å². The van der Waals surface area contributed by atoms with Gasteiger partial charge in [-0.15, -0.1) is 6.42 Å². The summed E-state index contributed by atoms with van der Waals surface area (Å²) in [5, 5.41) is 12.9. The largest absolute Gasteiger partial charge is 0.392 e. The highest BCUT2D eigenvalue weighted by Gasteiger charge is 2.23. The van der Waals surface area contributed by atoms with E-state index in [-0.39, 0.29) is 12.1 Å². The zero-order valence-corrected chi connectivity index (χ0v) is 10.8. The summed E-state index contributed by atoms with van der Waals surface area (Å²) in [5.41, 5.74) is 2.11. The molecule has 0 aliphatic carbocycles. The zero-order valence-electron chi connectivity index (χ0n) is 10.8. The molecule has 1 aromatic rings. The fourth-order valence-electron chi connectivity index (χ4n) is 2.44. The van der Waals surface area contributed by atoms with E-state index in [0.717, 1.165) is 31.6 Å². The van der Waals surface area contributed by atoms with Crippen molar-refractivity contribution in [1.82, 2.24) is 10.2 Å². The van der Waals surface area contributed by atoms with Crippen LogP contribution in [0.3, 0.4) is 0 Å². The van der Waals surface area contributed by atoms with Gasteiger partial charge in [-0.1, -0.05) is 18.1 Å². The summed E-state index contributed by atoms with van der Waals surface area (Å²) < 4.78 is 0. The van der Waals surface area contributed by atoms with Gasteiger partial charge >= 0.3 is 0 Å². The first-order valence-corrected chi connectivity index (χ1v) is 6.37. The molecule has 0 spiro atoms. The molecule has 2 N–H and O–H groups in total. The van der Waals surface area contributed by atoms with Crippen molar-refractivity contribution in [3.63, 3.8) is 0 Å². The van der Waals surface area contributed by atoms with Gasteiger partial charge in [0.25, 0.3) is 0 Å². The van der Waals surface area contributed by atoms with Crippen LogP contribution in [0.1, 0.15) is 23.6 Å². The van der Waals surface area contributed by atoms with Gasteiger partial charge in [-0.3, -0.25) is 4.90 Å². The van der Waals surface area contributed by atoms with Crippen LogP contribution in [0.15, 0.2) is 24.3 Å². The molecular formula is C15H20N2O. The Morgan fingerprint density at radius 1 is 1.61 bits per heavy atom. The van der Waals surface area contributed by atoms with Crippen LogP contribution in [0, 0.1) is 12.3 Å². The van der Waals surface area contributed by atoms with Crippen LogP contribution < -0.4 is 5.32 Å². The van der Waals surface area contributed by atoms with E-state index in [1.165, 1.54) is 5.56 Å². The quantitative estimate of drug-likeness (QED) is 0.776. The number of aliphatic hydroxyl groups excluding tert-OH is 1. The molecule has 0 bridgehead atoms. The number of terminal acetylenes is 1. The standard InChI is InChI=1S/C15H20N2O/c1-3-12-5-4-6-13(9-12)15(16-2)11-17-8-7-14(18)10-17/h1,4-6,9,14-16,18H,7-8,10-11H2,2H3. The Hall–Kier alpha value is -1.34. The SMILES string of the molecule is C#Cc1cccc(C(CN2CCC(O)C2)NC)c1. The molecule has 1 aliphatic rings. The average molecular weight is 244 g/mol. The Morgan fingerprint density at radius 2 is 2.44 bits per heavy atom. The first kappa shape index (κ1) is 13.1. The molecule has 2 atom stereocenters.